The molecule has 1 N–H and O–H groups in total. The molecule has 1 heterocycles. The van der Waals surface area contributed by atoms with Crippen LogP contribution in [0.15, 0.2) is 18.2 Å². The molecule has 0 aromatic heterocycles. The molecule has 0 saturated carbocycles. The first-order chi connectivity index (χ1) is 8.87. The van der Waals surface area contributed by atoms with Crippen molar-refractivity contribution >= 4 is 11.4 Å². The summed E-state index contributed by atoms with van der Waals surface area (Å²) >= 11 is 0. The molecule has 19 heavy (non-hydrogen) atoms. The Labute approximate surface area is 115 Å². The van der Waals surface area contributed by atoms with Gasteiger partial charge < -0.3 is 15.1 Å². The molecule has 1 aliphatic rings. The van der Waals surface area contributed by atoms with E-state index >= 15 is 0 Å². The van der Waals surface area contributed by atoms with Gasteiger partial charge in [0.15, 0.2) is 0 Å². The highest BCUT2D eigenvalue weighted by Crippen LogP contribution is 2.33. The van der Waals surface area contributed by atoms with Gasteiger partial charge in [0.1, 0.15) is 5.82 Å². The van der Waals surface area contributed by atoms with Crippen LogP contribution in [-0.2, 0) is 0 Å². The van der Waals surface area contributed by atoms with Gasteiger partial charge in [-0.1, -0.05) is 13.8 Å². The minimum Gasteiger partial charge on any atom is -0.383 e. The molecule has 0 saturated heterocycles. The molecule has 2 rings (SSSR count). The highest BCUT2D eigenvalue weighted by atomic mass is 19.1. The normalized spacial score (nSPS) is 17.9. The standard InChI is InChI=1S/C15H24FN3/c1-15(2)10-17-13-9-12(16)5-6-14(13)19(11-15)8-7-18(3)4/h5-6,9,17H,7-8,10-11H2,1-4H3. The summed E-state index contributed by atoms with van der Waals surface area (Å²) in [5.74, 6) is -0.182. The van der Waals surface area contributed by atoms with Crippen molar-refractivity contribution in [1.82, 2.24) is 4.90 Å². The van der Waals surface area contributed by atoms with Crippen LogP contribution in [0.25, 0.3) is 0 Å². The summed E-state index contributed by atoms with van der Waals surface area (Å²) in [5.41, 5.74) is 2.18. The molecular weight excluding hydrogens is 241 g/mol. The molecule has 0 spiro atoms. The fourth-order valence-electron chi connectivity index (χ4n) is 2.44. The van der Waals surface area contributed by atoms with Gasteiger partial charge in [0, 0.05) is 26.2 Å². The van der Waals surface area contributed by atoms with Crippen molar-refractivity contribution in [3.05, 3.63) is 24.0 Å². The van der Waals surface area contributed by atoms with Crippen LogP contribution in [0.2, 0.25) is 0 Å². The van der Waals surface area contributed by atoms with Gasteiger partial charge >= 0.3 is 0 Å². The second kappa shape index (κ2) is 5.37. The predicted molar refractivity (Wildman–Crippen MR) is 79.4 cm³/mol. The SMILES string of the molecule is CN(C)CCN1CC(C)(C)CNc2cc(F)ccc21. The average molecular weight is 265 g/mol. The molecule has 0 unspecified atom stereocenters. The third kappa shape index (κ3) is 3.60. The van der Waals surface area contributed by atoms with E-state index in [0.29, 0.717) is 0 Å². The van der Waals surface area contributed by atoms with Crippen LogP contribution in [0, 0.1) is 11.2 Å². The number of rotatable bonds is 3. The minimum absolute atomic E-state index is 0.168. The molecular formula is C15H24FN3. The second-order valence-corrected chi connectivity index (χ2v) is 6.40. The molecule has 0 fully saturated rings. The van der Waals surface area contributed by atoms with Crippen molar-refractivity contribution in [3.8, 4) is 0 Å². The van der Waals surface area contributed by atoms with Crippen LogP contribution in [0.1, 0.15) is 13.8 Å². The number of anilines is 2. The Bertz CT molecular complexity index is 443. The first-order valence-corrected chi connectivity index (χ1v) is 6.80. The van der Waals surface area contributed by atoms with Gasteiger partial charge in [0.05, 0.1) is 11.4 Å². The number of hydrogen-bond acceptors (Lipinski definition) is 3. The van der Waals surface area contributed by atoms with E-state index in [1.807, 2.05) is 6.07 Å². The lowest BCUT2D eigenvalue weighted by Gasteiger charge is -2.32. The Morgan fingerprint density at radius 1 is 1.37 bits per heavy atom. The van der Waals surface area contributed by atoms with Crippen LogP contribution in [0.3, 0.4) is 0 Å². The third-order valence-corrected chi connectivity index (χ3v) is 3.49. The van der Waals surface area contributed by atoms with Gasteiger partial charge in [-0.3, -0.25) is 0 Å². The molecule has 0 radical (unpaired) electrons. The van der Waals surface area contributed by atoms with Crippen LogP contribution in [0.5, 0.6) is 0 Å². The van der Waals surface area contributed by atoms with Crippen LogP contribution in [-0.4, -0.2) is 45.2 Å². The summed E-state index contributed by atoms with van der Waals surface area (Å²) in [7, 11) is 4.15. The lowest BCUT2D eigenvalue weighted by molar-refractivity contribution is 0.371. The van der Waals surface area contributed by atoms with Crippen molar-refractivity contribution in [3.63, 3.8) is 0 Å². The predicted octanol–water partition coefficient (Wildman–Crippen LogP) is 2.65. The number of hydrogen-bond donors (Lipinski definition) is 1. The zero-order valence-corrected chi connectivity index (χ0v) is 12.3. The molecule has 0 amide bonds. The Morgan fingerprint density at radius 2 is 2.11 bits per heavy atom. The molecule has 0 aliphatic carbocycles. The van der Waals surface area contributed by atoms with Crippen LogP contribution < -0.4 is 10.2 Å². The fourth-order valence-corrected chi connectivity index (χ4v) is 2.44. The highest BCUT2D eigenvalue weighted by molar-refractivity contribution is 5.71. The van der Waals surface area contributed by atoms with Gasteiger partial charge in [-0.25, -0.2) is 4.39 Å². The van der Waals surface area contributed by atoms with Gasteiger partial charge in [-0.2, -0.15) is 0 Å². The van der Waals surface area contributed by atoms with Crippen molar-refractivity contribution in [1.29, 1.82) is 0 Å². The summed E-state index contributed by atoms with van der Waals surface area (Å²) < 4.78 is 13.4. The number of halogens is 1. The van der Waals surface area contributed by atoms with E-state index in [4.69, 9.17) is 0 Å². The monoisotopic (exact) mass is 265 g/mol. The zero-order chi connectivity index (χ0) is 14.0. The van der Waals surface area contributed by atoms with Gasteiger partial charge in [-0.05, 0) is 37.7 Å². The molecule has 1 aromatic carbocycles. The first-order valence-electron chi connectivity index (χ1n) is 6.80. The Hall–Kier alpha value is -1.29. The number of benzene rings is 1. The van der Waals surface area contributed by atoms with Gasteiger partial charge in [-0.15, -0.1) is 0 Å². The summed E-state index contributed by atoms with van der Waals surface area (Å²) in [6, 6.07) is 5.02. The summed E-state index contributed by atoms with van der Waals surface area (Å²) in [4.78, 5) is 4.53. The highest BCUT2D eigenvalue weighted by Gasteiger charge is 2.27. The van der Waals surface area contributed by atoms with Crippen molar-refractivity contribution < 1.29 is 4.39 Å². The third-order valence-electron chi connectivity index (χ3n) is 3.49. The average Bonchev–Trinajstić information content (AvgIpc) is 2.44. The number of likely N-dealkylation sites (N-methyl/N-ethyl adjacent to an activating group) is 1. The van der Waals surface area contributed by atoms with Crippen molar-refractivity contribution in [2.75, 3.05) is 50.5 Å². The van der Waals surface area contributed by atoms with E-state index in [-0.39, 0.29) is 11.2 Å². The maximum Gasteiger partial charge on any atom is 0.125 e. The zero-order valence-electron chi connectivity index (χ0n) is 12.3. The molecule has 0 atom stereocenters. The molecule has 1 aromatic rings. The Kier molecular flexibility index (Phi) is 3.99. The Balaban J connectivity index is 2.27. The lowest BCUT2D eigenvalue weighted by Crippen LogP contribution is -2.39. The molecule has 106 valence electrons. The quantitative estimate of drug-likeness (QED) is 0.906. The van der Waals surface area contributed by atoms with E-state index < -0.39 is 0 Å². The maximum absolute atomic E-state index is 13.4. The van der Waals surface area contributed by atoms with Gasteiger partial charge in [0.25, 0.3) is 0 Å². The molecule has 1 aliphatic heterocycles. The Morgan fingerprint density at radius 3 is 2.79 bits per heavy atom. The largest absolute Gasteiger partial charge is 0.383 e. The molecule has 0 bridgehead atoms. The molecule has 4 heteroatoms. The van der Waals surface area contributed by atoms with Crippen LogP contribution >= 0.6 is 0 Å². The van der Waals surface area contributed by atoms with E-state index in [9.17, 15) is 4.39 Å². The number of nitrogens with zero attached hydrogens (tertiary/aromatic N) is 2. The topological polar surface area (TPSA) is 18.5 Å². The van der Waals surface area contributed by atoms with E-state index in [1.54, 1.807) is 12.1 Å². The summed E-state index contributed by atoms with van der Waals surface area (Å²) in [6.45, 7) is 8.27. The second-order valence-electron chi connectivity index (χ2n) is 6.40. The summed E-state index contributed by atoms with van der Waals surface area (Å²) in [6.07, 6.45) is 0. The minimum atomic E-state index is -0.182. The number of fused-ring (bicyclic) bond motifs is 1. The molecule has 3 nitrogen and oxygen atoms in total. The van der Waals surface area contributed by atoms with E-state index in [1.165, 1.54) is 0 Å². The van der Waals surface area contributed by atoms with Crippen molar-refractivity contribution in [2.24, 2.45) is 5.41 Å². The first kappa shape index (κ1) is 14.1. The van der Waals surface area contributed by atoms with Crippen molar-refractivity contribution in [2.45, 2.75) is 13.8 Å². The summed E-state index contributed by atoms with van der Waals surface area (Å²) in [5, 5.41) is 3.38. The lowest BCUT2D eigenvalue weighted by atomic mass is 9.93. The fraction of sp³-hybridized carbons (Fsp3) is 0.600. The number of nitrogens with one attached hydrogen (secondary N) is 1. The van der Waals surface area contributed by atoms with E-state index in [2.05, 4.69) is 43.1 Å². The van der Waals surface area contributed by atoms with E-state index in [0.717, 1.165) is 37.6 Å². The van der Waals surface area contributed by atoms with Gasteiger partial charge in [0.2, 0.25) is 0 Å². The van der Waals surface area contributed by atoms with Crippen LogP contribution in [0.4, 0.5) is 15.8 Å². The smallest absolute Gasteiger partial charge is 0.125 e. The maximum atomic E-state index is 13.4.